The highest BCUT2D eigenvalue weighted by atomic mass is 16.6. The van der Waals surface area contributed by atoms with Crippen molar-refractivity contribution in [3.05, 3.63) is 34.4 Å². The quantitative estimate of drug-likeness (QED) is 0.445. The highest BCUT2D eigenvalue weighted by Gasteiger charge is 2.03. The number of carbonyl (C=O) groups excluding carboxylic acids is 1. The van der Waals surface area contributed by atoms with E-state index in [2.05, 4.69) is 10.3 Å². The number of benzene rings is 1. The molecule has 0 aliphatic heterocycles. The van der Waals surface area contributed by atoms with Crippen LogP contribution in [0.3, 0.4) is 0 Å². The summed E-state index contributed by atoms with van der Waals surface area (Å²) < 4.78 is 0. The fourth-order valence-electron chi connectivity index (χ4n) is 0.823. The molecular weight excluding hydrogens is 212 g/mol. The second-order valence-electron chi connectivity index (χ2n) is 3.01. The van der Waals surface area contributed by atoms with Crippen molar-refractivity contribution in [3.8, 4) is 0 Å². The van der Waals surface area contributed by atoms with Crippen LogP contribution in [0.5, 0.6) is 0 Å². The van der Waals surface area contributed by atoms with Gasteiger partial charge in [0.25, 0.3) is 5.69 Å². The van der Waals surface area contributed by atoms with Crippen LogP contribution in [-0.2, 0) is 4.79 Å². The predicted molar refractivity (Wildman–Crippen MR) is 56.1 cm³/mol. The summed E-state index contributed by atoms with van der Waals surface area (Å²) in [4.78, 5) is 20.7. The highest BCUT2D eigenvalue weighted by molar-refractivity contribution is 5.72. The average molecular weight is 222 g/mol. The Bertz CT molecular complexity index is 427. The lowest BCUT2D eigenvalue weighted by atomic mass is 10.3. The van der Waals surface area contributed by atoms with E-state index in [4.69, 9.17) is 0 Å². The topological polar surface area (TPSA) is 88.2 Å². The van der Waals surface area contributed by atoms with Crippen molar-refractivity contribution in [3.63, 3.8) is 0 Å². The minimum Gasteiger partial charge on any atom is -0.273 e. The van der Waals surface area contributed by atoms with Crippen LogP contribution in [0, 0.1) is 10.1 Å². The average Bonchev–Trinajstić information content (AvgIpc) is 2.26. The largest absolute Gasteiger partial charge is 0.273 e. The SMILES string of the molecule is CC(=O)N(C)N=Nc1ccc([N+](=O)[O-])cc1. The Morgan fingerprint density at radius 1 is 1.38 bits per heavy atom. The molecule has 1 aromatic carbocycles. The number of hydrogen-bond acceptors (Lipinski definition) is 5. The molecule has 0 aliphatic rings. The van der Waals surface area contributed by atoms with Crippen LogP contribution in [-0.4, -0.2) is 22.9 Å². The van der Waals surface area contributed by atoms with Crippen molar-refractivity contribution in [2.24, 2.45) is 10.3 Å². The molecule has 7 nitrogen and oxygen atoms in total. The molecule has 1 rings (SSSR count). The molecule has 84 valence electrons. The molecule has 0 saturated heterocycles. The monoisotopic (exact) mass is 222 g/mol. The predicted octanol–water partition coefficient (Wildman–Crippen LogP) is 2.07. The van der Waals surface area contributed by atoms with Crippen LogP contribution in [0.1, 0.15) is 6.92 Å². The van der Waals surface area contributed by atoms with Gasteiger partial charge in [0.05, 0.1) is 10.6 Å². The fraction of sp³-hybridized carbons (Fsp3) is 0.222. The zero-order valence-corrected chi connectivity index (χ0v) is 8.82. The molecule has 0 aromatic heterocycles. The smallest absolute Gasteiger partial charge is 0.269 e. The molecule has 1 amide bonds. The number of hydrogen-bond donors (Lipinski definition) is 0. The van der Waals surface area contributed by atoms with Gasteiger partial charge in [-0.1, -0.05) is 5.22 Å². The first-order chi connectivity index (χ1) is 7.50. The number of nitrogens with zero attached hydrogens (tertiary/aromatic N) is 4. The normalized spacial score (nSPS) is 10.4. The van der Waals surface area contributed by atoms with Crippen LogP contribution >= 0.6 is 0 Å². The van der Waals surface area contributed by atoms with Gasteiger partial charge < -0.3 is 0 Å². The Balaban J connectivity index is 2.76. The second-order valence-corrected chi connectivity index (χ2v) is 3.01. The Labute approximate surface area is 91.5 Å². The van der Waals surface area contributed by atoms with E-state index in [9.17, 15) is 14.9 Å². The minimum atomic E-state index is -0.497. The third-order valence-electron chi connectivity index (χ3n) is 1.81. The van der Waals surface area contributed by atoms with Gasteiger partial charge in [-0.2, -0.15) is 0 Å². The van der Waals surface area contributed by atoms with Gasteiger partial charge in [-0.25, -0.2) is 5.01 Å². The van der Waals surface area contributed by atoms with Gasteiger partial charge in [0.2, 0.25) is 5.91 Å². The summed E-state index contributed by atoms with van der Waals surface area (Å²) in [5.74, 6) is -0.245. The second kappa shape index (κ2) is 4.96. The molecule has 1 aromatic rings. The molecule has 0 saturated carbocycles. The van der Waals surface area contributed by atoms with E-state index in [1.807, 2.05) is 0 Å². The molecule has 0 atom stereocenters. The summed E-state index contributed by atoms with van der Waals surface area (Å²) in [6.07, 6.45) is 0. The highest BCUT2D eigenvalue weighted by Crippen LogP contribution is 2.18. The zero-order chi connectivity index (χ0) is 12.1. The molecule has 0 N–H and O–H groups in total. The first kappa shape index (κ1) is 11.8. The third kappa shape index (κ3) is 3.12. The van der Waals surface area contributed by atoms with E-state index in [1.54, 1.807) is 0 Å². The lowest BCUT2D eigenvalue weighted by molar-refractivity contribution is -0.384. The maximum Gasteiger partial charge on any atom is 0.269 e. The lowest BCUT2D eigenvalue weighted by Crippen LogP contribution is -2.15. The first-order valence-corrected chi connectivity index (χ1v) is 4.41. The van der Waals surface area contributed by atoms with E-state index in [0.29, 0.717) is 5.69 Å². The van der Waals surface area contributed by atoms with Crippen LogP contribution < -0.4 is 0 Å². The standard InChI is InChI=1S/C9H10N4O3/c1-7(14)12(2)11-10-8-3-5-9(6-4-8)13(15)16/h3-6H,1-2H3. The van der Waals surface area contributed by atoms with Crippen LogP contribution in [0.2, 0.25) is 0 Å². The number of non-ortho nitro benzene ring substituents is 1. The molecule has 7 heteroatoms. The van der Waals surface area contributed by atoms with E-state index in [-0.39, 0.29) is 11.6 Å². The fourth-order valence-corrected chi connectivity index (χ4v) is 0.823. The van der Waals surface area contributed by atoms with Gasteiger partial charge >= 0.3 is 0 Å². The van der Waals surface area contributed by atoms with Crippen molar-refractivity contribution in [2.75, 3.05) is 7.05 Å². The molecule has 0 bridgehead atoms. The summed E-state index contributed by atoms with van der Waals surface area (Å²) in [5.41, 5.74) is 0.428. The Morgan fingerprint density at radius 2 is 1.94 bits per heavy atom. The van der Waals surface area contributed by atoms with Crippen molar-refractivity contribution in [1.82, 2.24) is 5.01 Å². The Hall–Kier alpha value is -2.31. The molecular formula is C9H10N4O3. The van der Waals surface area contributed by atoms with Gasteiger partial charge in [0.1, 0.15) is 0 Å². The Morgan fingerprint density at radius 3 is 2.38 bits per heavy atom. The third-order valence-corrected chi connectivity index (χ3v) is 1.81. The van der Waals surface area contributed by atoms with E-state index in [1.165, 1.54) is 38.2 Å². The summed E-state index contributed by atoms with van der Waals surface area (Å²) in [6.45, 7) is 1.36. The minimum absolute atomic E-state index is 0.0149. The molecule has 0 spiro atoms. The molecule has 0 aliphatic carbocycles. The van der Waals surface area contributed by atoms with Crippen molar-refractivity contribution in [1.29, 1.82) is 0 Å². The molecule has 0 radical (unpaired) electrons. The number of nitro groups is 1. The molecule has 0 heterocycles. The maximum atomic E-state index is 10.8. The van der Waals surface area contributed by atoms with Crippen LogP contribution in [0.15, 0.2) is 34.6 Å². The van der Waals surface area contributed by atoms with E-state index < -0.39 is 4.92 Å². The number of rotatable bonds is 3. The van der Waals surface area contributed by atoms with Crippen molar-refractivity contribution >= 4 is 17.3 Å². The summed E-state index contributed by atoms with van der Waals surface area (Å²) in [7, 11) is 1.47. The molecule has 0 fully saturated rings. The van der Waals surface area contributed by atoms with Gasteiger partial charge in [-0.05, 0) is 12.1 Å². The zero-order valence-electron chi connectivity index (χ0n) is 8.82. The summed E-state index contributed by atoms with van der Waals surface area (Å²) >= 11 is 0. The lowest BCUT2D eigenvalue weighted by Gasteiger charge is -2.03. The number of carbonyl (C=O) groups is 1. The first-order valence-electron chi connectivity index (χ1n) is 4.41. The summed E-state index contributed by atoms with van der Waals surface area (Å²) in [6, 6.07) is 5.55. The van der Waals surface area contributed by atoms with Gasteiger partial charge in [-0.3, -0.25) is 14.9 Å². The van der Waals surface area contributed by atoms with Crippen molar-refractivity contribution < 1.29 is 9.72 Å². The number of amides is 1. The molecule has 0 unspecified atom stereocenters. The van der Waals surface area contributed by atoms with E-state index >= 15 is 0 Å². The Kier molecular flexibility index (Phi) is 3.65. The van der Waals surface area contributed by atoms with Gasteiger partial charge in [0.15, 0.2) is 0 Å². The van der Waals surface area contributed by atoms with Crippen molar-refractivity contribution in [2.45, 2.75) is 6.92 Å². The summed E-state index contributed by atoms with van der Waals surface area (Å²) in [5, 5.41) is 18.8. The van der Waals surface area contributed by atoms with Crippen LogP contribution in [0.25, 0.3) is 0 Å². The van der Waals surface area contributed by atoms with Crippen LogP contribution in [0.4, 0.5) is 11.4 Å². The maximum absolute atomic E-state index is 10.8. The van der Waals surface area contributed by atoms with Gasteiger partial charge in [0, 0.05) is 26.1 Å². The molecule has 16 heavy (non-hydrogen) atoms. The van der Waals surface area contributed by atoms with Gasteiger partial charge in [-0.15, -0.1) is 5.11 Å². The van der Waals surface area contributed by atoms with E-state index in [0.717, 1.165) is 5.01 Å². The number of nitro benzene ring substituents is 1.